The lowest BCUT2D eigenvalue weighted by Gasteiger charge is -2.29. The summed E-state index contributed by atoms with van der Waals surface area (Å²) in [7, 11) is -3.57. The zero-order chi connectivity index (χ0) is 13.7. The molecule has 1 atom stereocenters. The van der Waals surface area contributed by atoms with Crippen molar-refractivity contribution in [2.45, 2.75) is 18.9 Å². The van der Waals surface area contributed by atoms with Crippen LogP contribution >= 0.6 is 0 Å². The third-order valence-corrected chi connectivity index (χ3v) is 4.23. The molecule has 0 saturated carbocycles. The number of nitrogens with zero attached hydrogens (tertiary/aromatic N) is 1. The molecule has 1 saturated heterocycles. The maximum atomic E-state index is 11.8. The van der Waals surface area contributed by atoms with Crippen LogP contribution in [0.4, 0.5) is 0 Å². The van der Waals surface area contributed by atoms with Crippen molar-refractivity contribution in [2.24, 2.45) is 0 Å². The molecule has 1 aromatic carbocycles. The molecule has 0 amide bonds. The summed E-state index contributed by atoms with van der Waals surface area (Å²) < 4.78 is 28.6. The van der Waals surface area contributed by atoms with Gasteiger partial charge in [-0.05, 0) is 31.5 Å². The first-order valence-electron chi connectivity index (χ1n) is 6.43. The molecule has 1 fully saturated rings. The van der Waals surface area contributed by atoms with E-state index in [2.05, 4.69) is 0 Å². The Bertz CT molecular complexity index is 489. The van der Waals surface area contributed by atoms with E-state index in [1.54, 1.807) is 30.3 Å². The van der Waals surface area contributed by atoms with Crippen LogP contribution in [0.1, 0.15) is 12.8 Å². The van der Waals surface area contributed by atoms with Gasteiger partial charge in [-0.25, -0.2) is 0 Å². The SMILES string of the molecule is O=S(=O)(CCN1CCC[C@@H](O)C1)Oc1ccccc1. The third-order valence-electron chi connectivity index (χ3n) is 3.10. The largest absolute Gasteiger partial charge is 0.392 e. The minimum Gasteiger partial charge on any atom is -0.392 e. The van der Waals surface area contributed by atoms with Gasteiger partial charge < -0.3 is 9.29 Å². The number of β-amino-alcohol motifs (C(OH)–C–C–N with tert-alkyl or cyclic N) is 1. The first-order chi connectivity index (χ1) is 9.05. The smallest absolute Gasteiger partial charge is 0.310 e. The number of piperidine rings is 1. The second kappa shape index (κ2) is 6.36. The van der Waals surface area contributed by atoms with Crippen LogP contribution < -0.4 is 4.18 Å². The van der Waals surface area contributed by atoms with Crippen LogP contribution in [0.25, 0.3) is 0 Å². The number of rotatable bonds is 5. The fraction of sp³-hybridized carbons (Fsp3) is 0.538. The van der Waals surface area contributed by atoms with E-state index >= 15 is 0 Å². The van der Waals surface area contributed by atoms with Crippen molar-refractivity contribution in [1.82, 2.24) is 4.90 Å². The fourth-order valence-corrected chi connectivity index (χ4v) is 3.11. The monoisotopic (exact) mass is 285 g/mol. The first kappa shape index (κ1) is 14.3. The molecule has 1 aliphatic rings. The Morgan fingerprint density at radius 1 is 1.32 bits per heavy atom. The number of para-hydroxylation sites is 1. The summed E-state index contributed by atoms with van der Waals surface area (Å²) in [4.78, 5) is 1.96. The molecular formula is C13H19NO4S. The van der Waals surface area contributed by atoms with Crippen LogP contribution in [0, 0.1) is 0 Å². The lowest BCUT2D eigenvalue weighted by Crippen LogP contribution is -2.41. The molecule has 1 heterocycles. The predicted molar refractivity (Wildman–Crippen MR) is 72.5 cm³/mol. The van der Waals surface area contributed by atoms with E-state index in [1.165, 1.54) is 0 Å². The number of hydrogen-bond acceptors (Lipinski definition) is 5. The van der Waals surface area contributed by atoms with Gasteiger partial charge in [0.1, 0.15) is 5.75 Å². The molecule has 5 nitrogen and oxygen atoms in total. The maximum absolute atomic E-state index is 11.8. The van der Waals surface area contributed by atoms with Crippen molar-refractivity contribution >= 4 is 10.1 Å². The molecule has 106 valence electrons. The van der Waals surface area contributed by atoms with Crippen LogP contribution in [0.5, 0.6) is 5.75 Å². The quantitative estimate of drug-likeness (QED) is 0.813. The maximum Gasteiger partial charge on any atom is 0.310 e. The lowest BCUT2D eigenvalue weighted by atomic mass is 10.1. The highest BCUT2D eigenvalue weighted by Crippen LogP contribution is 2.13. The van der Waals surface area contributed by atoms with Crippen molar-refractivity contribution in [1.29, 1.82) is 0 Å². The zero-order valence-electron chi connectivity index (χ0n) is 10.7. The van der Waals surface area contributed by atoms with E-state index in [9.17, 15) is 13.5 Å². The van der Waals surface area contributed by atoms with E-state index in [0.29, 0.717) is 18.8 Å². The Hall–Kier alpha value is -1.11. The highest BCUT2D eigenvalue weighted by Gasteiger charge is 2.20. The van der Waals surface area contributed by atoms with Gasteiger partial charge >= 0.3 is 10.1 Å². The second-order valence-electron chi connectivity index (χ2n) is 4.75. The Morgan fingerprint density at radius 2 is 2.05 bits per heavy atom. The number of likely N-dealkylation sites (tertiary alicyclic amines) is 1. The van der Waals surface area contributed by atoms with E-state index < -0.39 is 10.1 Å². The average molecular weight is 285 g/mol. The molecule has 0 bridgehead atoms. The molecule has 6 heteroatoms. The fourth-order valence-electron chi connectivity index (χ4n) is 2.14. The number of aliphatic hydroxyl groups excluding tert-OH is 1. The van der Waals surface area contributed by atoms with Crippen molar-refractivity contribution in [3.63, 3.8) is 0 Å². The Balaban J connectivity index is 1.84. The van der Waals surface area contributed by atoms with Gasteiger partial charge in [-0.2, -0.15) is 8.42 Å². The Kier molecular flexibility index (Phi) is 4.79. The summed E-state index contributed by atoms with van der Waals surface area (Å²) in [6.45, 7) is 1.77. The number of hydrogen-bond donors (Lipinski definition) is 1. The zero-order valence-corrected chi connectivity index (χ0v) is 11.6. The van der Waals surface area contributed by atoms with Gasteiger partial charge in [0.2, 0.25) is 0 Å². The molecule has 0 unspecified atom stereocenters. The first-order valence-corrected chi connectivity index (χ1v) is 8.00. The summed E-state index contributed by atoms with van der Waals surface area (Å²) in [6, 6.07) is 8.48. The molecule has 1 aromatic rings. The molecule has 0 spiro atoms. The molecule has 19 heavy (non-hydrogen) atoms. The third kappa shape index (κ3) is 4.81. The van der Waals surface area contributed by atoms with Gasteiger partial charge in [0.15, 0.2) is 0 Å². The second-order valence-corrected chi connectivity index (χ2v) is 6.45. The predicted octanol–water partition coefficient (Wildman–Crippen LogP) is 0.852. The number of benzene rings is 1. The Morgan fingerprint density at radius 3 is 2.74 bits per heavy atom. The average Bonchev–Trinajstić information content (AvgIpc) is 2.37. The van der Waals surface area contributed by atoms with Crippen molar-refractivity contribution in [3.8, 4) is 5.75 Å². The van der Waals surface area contributed by atoms with Crippen LogP contribution in [-0.2, 0) is 10.1 Å². The molecule has 1 aliphatic heterocycles. The minimum atomic E-state index is -3.57. The van der Waals surface area contributed by atoms with E-state index in [4.69, 9.17) is 4.18 Å². The minimum absolute atomic E-state index is 0.0609. The molecular weight excluding hydrogens is 266 g/mol. The molecule has 0 aromatic heterocycles. The lowest BCUT2D eigenvalue weighted by molar-refractivity contribution is 0.0739. The van der Waals surface area contributed by atoms with Gasteiger partial charge in [-0.15, -0.1) is 0 Å². The van der Waals surface area contributed by atoms with E-state index in [-0.39, 0.29) is 11.9 Å². The van der Waals surface area contributed by atoms with Gasteiger partial charge in [0, 0.05) is 13.1 Å². The molecule has 1 N–H and O–H groups in total. The summed E-state index contributed by atoms with van der Waals surface area (Å²) >= 11 is 0. The normalized spacial score (nSPS) is 21.2. The highest BCUT2D eigenvalue weighted by atomic mass is 32.2. The van der Waals surface area contributed by atoms with Crippen LogP contribution in [0.3, 0.4) is 0 Å². The van der Waals surface area contributed by atoms with Crippen molar-refractivity contribution < 1.29 is 17.7 Å². The van der Waals surface area contributed by atoms with Gasteiger partial charge in [0.25, 0.3) is 0 Å². The van der Waals surface area contributed by atoms with Gasteiger partial charge in [-0.1, -0.05) is 18.2 Å². The summed E-state index contributed by atoms with van der Waals surface area (Å²) in [5.41, 5.74) is 0. The molecule has 0 radical (unpaired) electrons. The highest BCUT2D eigenvalue weighted by molar-refractivity contribution is 7.87. The summed E-state index contributed by atoms with van der Waals surface area (Å²) in [5, 5.41) is 9.52. The van der Waals surface area contributed by atoms with Crippen molar-refractivity contribution in [3.05, 3.63) is 30.3 Å². The van der Waals surface area contributed by atoms with E-state index in [0.717, 1.165) is 19.4 Å². The van der Waals surface area contributed by atoms with E-state index in [1.807, 2.05) is 4.90 Å². The molecule has 0 aliphatic carbocycles. The van der Waals surface area contributed by atoms with Gasteiger partial charge in [-0.3, -0.25) is 4.90 Å². The standard InChI is InChI=1S/C13H19NO4S/c15-12-5-4-8-14(11-12)9-10-19(16,17)18-13-6-2-1-3-7-13/h1-3,6-7,12,15H,4-5,8-11H2/t12-/m1/s1. The van der Waals surface area contributed by atoms with Crippen LogP contribution in [-0.4, -0.2) is 49.9 Å². The van der Waals surface area contributed by atoms with Gasteiger partial charge in [0.05, 0.1) is 11.9 Å². The van der Waals surface area contributed by atoms with Crippen LogP contribution in [0.15, 0.2) is 30.3 Å². The van der Waals surface area contributed by atoms with Crippen molar-refractivity contribution in [2.75, 3.05) is 25.4 Å². The molecule has 2 rings (SSSR count). The number of aliphatic hydroxyl groups is 1. The van der Waals surface area contributed by atoms with Crippen LogP contribution in [0.2, 0.25) is 0 Å². The summed E-state index contributed by atoms with van der Waals surface area (Å²) in [5.74, 6) is 0.274. The Labute approximate surface area is 113 Å². The topological polar surface area (TPSA) is 66.8 Å². The summed E-state index contributed by atoms with van der Waals surface area (Å²) in [6.07, 6.45) is 1.36.